The molecule has 1 amide bonds. The van der Waals surface area contributed by atoms with Gasteiger partial charge in [0.05, 0.1) is 12.1 Å². The van der Waals surface area contributed by atoms with Gasteiger partial charge in [-0.3, -0.25) is 4.79 Å². The molecule has 1 saturated carbocycles. The quantitative estimate of drug-likeness (QED) is 0.764. The number of rotatable bonds is 3. The van der Waals surface area contributed by atoms with Gasteiger partial charge in [0.1, 0.15) is 5.75 Å². The van der Waals surface area contributed by atoms with Crippen LogP contribution in [-0.4, -0.2) is 28.3 Å². The van der Waals surface area contributed by atoms with E-state index in [1.807, 2.05) is 0 Å². The lowest BCUT2D eigenvalue weighted by Gasteiger charge is -2.28. The third-order valence-corrected chi connectivity index (χ3v) is 3.71. The van der Waals surface area contributed by atoms with E-state index in [9.17, 15) is 15.0 Å². The second kappa shape index (κ2) is 4.98. The lowest BCUT2D eigenvalue weighted by Crippen LogP contribution is -2.49. The molecule has 98 valence electrons. The molecule has 0 saturated heterocycles. The molecule has 0 bridgehead atoms. The van der Waals surface area contributed by atoms with Crippen LogP contribution in [0.25, 0.3) is 0 Å². The summed E-state index contributed by atoms with van der Waals surface area (Å²) in [5.41, 5.74) is 0.694. The number of carbonyl (C=O) groups is 1. The Balaban J connectivity index is 2.13. The van der Waals surface area contributed by atoms with Gasteiger partial charge in [-0.25, -0.2) is 0 Å². The smallest absolute Gasteiger partial charge is 0.251 e. The summed E-state index contributed by atoms with van der Waals surface area (Å²) in [5, 5.41) is 22.0. The second-order valence-electron chi connectivity index (χ2n) is 5.10. The van der Waals surface area contributed by atoms with Gasteiger partial charge in [-0.05, 0) is 37.5 Å². The summed E-state index contributed by atoms with van der Waals surface area (Å²) >= 11 is 0. The van der Waals surface area contributed by atoms with E-state index in [4.69, 9.17) is 0 Å². The molecule has 0 atom stereocenters. The number of hydrogen-bond donors (Lipinski definition) is 3. The molecule has 0 spiro atoms. The van der Waals surface area contributed by atoms with Crippen LogP contribution >= 0.6 is 0 Å². The van der Waals surface area contributed by atoms with E-state index in [0.717, 1.165) is 31.2 Å². The zero-order valence-corrected chi connectivity index (χ0v) is 10.6. The minimum Gasteiger partial charge on any atom is -0.508 e. The van der Waals surface area contributed by atoms with Crippen LogP contribution in [0.1, 0.15) is 41.6 Å². The molecule has 3 N–H and O–H groups in total. The normalized spacial score (nSPS) is 17.7. The Morgan fingerprint density at radius 2 is 2.06 bits per heavy atom. The molecule has 0 aromatic heterocycles. The second-order valence-corrected chi connectivity index (χ2v) is 5.10. The summed E-state index contributed by atoms with van der Waals surface area (Å²) in [5.74, 6) is -0.117. The number of benzene rings is 1. The highest BCUT2D eigenvalue weighted by atomic mass is 16.3. The first kappa shape index (κ1) is 12.9. The minimum atomic E-state index is -0.475. The third-order valence-electron chi connectivity index (χ3n) is 3.71. The molecule has 4 nitrogen and oxygen atoms in total. The highest BCUT2D eigenvalue weighted by molar-refractivity contribution is 5.95. The molecule has 0 heterocycles. The van der Waals surface area contributed by atoms with E-state index < -0.39 is 5.54 Å². The molecular formula is C14H19NO3. The molecule has 18 heavy (non-hydrogen) atoms. The molecule has 4 heteroatoms. The van der Waals surface area contributed by atoms with Gasteiger partial charge in [-0.2, -0.15) is 0 Å². The number of aryl methyl sites for hydroxylation is 1. The van der Waals surface area contributed by atoms with Gasteiger partial charge in [0.15, 0.2) is 0 Å². The van der Waals surface area contributed by atoms with Crippen molar-refractivity contribution in [2.75, 3.05) is 6.61 Å². The van der Waals surface area contributed by atoms with Crippen molar-refractivity contribution >= 4 is 5.91 Å². The standard InChI is InChI=1S/C14H19NO3/c1-10-4-5-11(8-12(10)17)13(18)15-14(9-16)6-2-3-7-14/h4-5,8,16-17H,2-3,6-7,9H2,1H3,(H,15,18). The Kier molecular flexibility index (Phi) is 3.57. The topological polar surface area (TPSA) is 69.6 Å². The maximum atomic E-state index is 12.1. The number of aliphatic hydroxyl groups is 1. The van der Waals surface area contributed by atoms with Gasteiger partial charge in [0.25, 0.3) is 5.91 Å². The van der Waals surface area contributed by atoms with Crippen molar-refractivity contribution in [3.05, 3.63) is 29.3 Å². The number of aromatic hydroxyl groups is 1. The number of nitrogens with one attached hydrogen (secondary N) is 1. The van der Waals surface area contributed by atoms with Gasteiger partial charge < -0.3 is 15.5 Å². The Labute approximate surface area is 107 Å². The highest BCUT2D eigenvalue weighted by Gasteiger charge is 2.34. The Hall–Kier alpha value is -1.55. The first-order valence-corrected chi connectivity index (χ1v) is 6.29. The first-order chi connectivity index (χ1) is 8.56. The van der Waals surface area contributed by atoms with E-state index in [0.29, 0.717) is 5.56 Å². The van der Waals surface area contributed by atoms with Gasteiger partial charge in [-0.1, -0.05) is 18.9 Å². The predicted octanol–water partition coefficient (Wildman–Crippen LogP) is 1.74. The van der Waals surface area contributed by atoms with E-state index in [2.05, 4.69) is 5.32 Å². The first-order valence-electron chi connectivity index (χ1n) is 6.29. The summed E-state index contributed by atoms with van der Waals surface area (Å²) in [4.78, 5) is 12.1. The number of phenolic OH excluding ortho intramolecular Hbond substituents is 1. The molecule has 0 unspecified atom stereocenters. The van der Waals surface area contributed by atoms with Crippen LogP contribution in [0, 0.1) is 6.92 Å². The van der Waals surface area contributed by atoms with E-state index in [1.165, 1.54) is 6.07 Å². The Bertz CT molecular complexity index is 450. The fraction of sp³-hybridized carbons (Fsp3) is 0.500. The van der Waals surface area contributed by atoms with Gasteiger partial charge in [0.2, 0.25) is 0 Å². The van der Waals surface area contributed by atoms with Crippen molar-refractivity contribution in [1.82, 2.24) is 5.32 Å². The van der Waals surface area contributed by atoms with Crippen molar-refractivity contribution in [1.29, 1.82) is 0 Å². The molecule has 2 rings (SSSR count). The van der Waals surface area contributed by atoms with Gasteiger partial charge in [-0.15, -0.1) is 0 Å². The van der Waals surface area contributed by atoms with Crippen molar-refractivity contribution in [2.24, 2.45) is 0 Å². The number of carbonyl (C=O) groups excluding carboxylic acids is 1. The van der Waals surface area contributed by atoms with E-state index in [1.54, 1.807) is 19.1 Å². The van der Waals surface area contributed by atoms with E-state index in [-0.39, 0.29) is 18.3 Å². The van der Waals surface area contributed by atoms with Crippen LogP contribution in [0.3, 0.4) is 0 Å². The maximum Gasteiger partial charge on any atom is 0.251 e. The average Bonchev–Trinajstić information content (AvgIpc) is 2.82. The molecule has 1 aromatic rings. The van der Waals surface area contributed by atoms with Crippen molar-refractivity contribution in [3.8, 4) is 5.75 Å². The van der Waals surface area contributed by atoms with Crippen LogP contribution in [-0.2, 0) is 0 Å². The van der Waals surface area contributed by atoms with E-state index >= 15 is 0 Å². The van der Waals surface area contributed by atoms with Crippen LogP contribution in [0.15, 0.2) is 18.2 Å². The van der Waals surface area contributed by atoms with Crippen LogP contribution in [0.2, 0.25) is 0 Å². The fourth-order valence-electron chi connectivity index (χ4n) is 2.44. The minimum absolute atomic E-state index is 0.0312. The largest absolute Gasteiger partial charge is 0.508 e. The van der Waals surface area contributed by atoms with Crippen LogP contribution < -0.4 is 5.32 Å². The molecule has 1 fully saturated rings. The lowest BCUT2D eigenvalue weighted by molar-refractivity contribution is 0.0838. The molecular weight excluding hydrogens is 230 g/mol. The maximum absolute atomic E-state index is 12.1. The molecule has 0 radical (unpaired) electrons. The Morgan fingerprint density at radius 3 is 2.61 bits per heavy atom. The molecule has 1 aliphatic carbocycles. The van der Waals surface area contributed by atoms with Crippen LogP contribution in [0.4, 0.5) is 0 Å². The predicted molar refractivity (Wildman–Crippen MR) is 68.6 cm³/mol. The molecule has 0 aliphatic heterocycles. The number of phenols is 1. The summed E-state index contributed by atoms with van der Waals surface area (Å²) in [6.07, 6.45) is 3.68. The fourth-order valence-corrected chi connectivity index (χ4v) is 2.44. The van der Waals surface area contributed by atoms with Crippen LogP contribution in [0.5, 0.6) is 5.75 Å². The zero-order chi connectivity index (χ0) is 13.2. The lowest BCUT2D eigenvalue weighted by atomic mass is 9.98. The van der Waals surface area contributed by atoms with Gasteiger partial charge >= 0.3 is 0 Å². The molecule has 1 aromatic carbocycles. The SMILES string of the molecule is Cc1ccc(C(=O)NC2(CO)CCCC2)cc1O. The van der Waals surface area contributed by atoms with Crippen molar-refractivity contribution in [3.63, 3.8) is 0 Å². The van der Waals surface area contributed by atoms with Gasteiger partial charge in [0, 0.05) is 5.56 Å². The summed E-state index contributed by atoms with van der Waals surface area (Å²) in [6.45, 7) is 1.75. The van der Waals surface area contributed by atoms with Crippen molar-refractivity contribution < 1.29 is 15.0 Å². The number of hydrogen-bond acceptors (Lipinski definition) is 3. The number of amides is 1. The number of aliphatic hydroxyl groups excluding tert-OH is 1. The zero-order valence-electron chi connectivity index (χ0n) is 10.6. The summed E-state index contributed by atoms with van der Waals surface area (Å²) < 4.78 is 0. The molecule has 1 aliphatic rings. The van der Waals surface area contributed by atoms with Crippen molar-refractivity contribution in [2.45, 2.75) is 38.1 Å². The highest BCUT2D eigenvalue weighted by Crippen LogP contribution is 2.29. The monoisotopic (exact) mass is 249 g/mol. The Morgan fingerprint density at radius 1 is 1.39 bits per heavy atom. The summed E-state index contributed by atoms with van der Waals surface area (Å²) in [7, 11) is 0. The summed E-state index contributed by atoms with van der Waals surface area (Å²) in [6, 6.07) is 4.86. The third kappa shape index (κ3) is 2.48. The average molecular weight is 249 g/mol.